The zero-order chi connectivity index (χ0) is 21.8. The minimum absolute atomic E-state index is 0.0824. The zero-order valence-electron chi connectivity index (χ0n) is 17.4. The van der Waals surface area contributed by atoms with E-state index in [-0.39, 0.29) is 36.3 Å². The van der Waals surface area contributed by atoms with Crippen molar-refractivity contribution in [2.24, 2.45) is 5.92 Å². The van der Waals surface area contributed by atoms with E-state index in [2.05, 4.69) is 10.1 Å². The van der Waals surface area contributed by atoms with Crippen molar-refractivity contribution < 1.29 is 14.3 Å². The highest BCUT2D eigenvalue weighted by Gasteiger charge is 2.29. The van der Waals surface area contributed by atoms with Gasteiger partial charge in [-0.2, -0.15) is 5.10 Å². The van der Waals surface area contributed by atoms with Crippen molar-refractivity contribution in [2.75, 3.05) is 19.7 Å². The maximum atomic E-state index is 12.9. The van der Waals surface area contributed by atoms with E-state index in [4.69, 9.17) is 4.74 Å². The van der Waals surface area contributed by atoms with E-state index in [1.807, 2.05) is 30.3 Å². The van der Waals surface area contributed by atoms with Gasteiger partial charge in [-0.15, -0.1) is 0 Å². The Balaban J connectivity index is 1.44. The zero-order valence-corrected chi connectivity index (χ0v) is 17.4. The summed E-state index contributed by atoms with van der Waals surface area (Å²) in [4.78, 5) is 43.6. The van der Waals surface area contributed by atoms with Crippen molar-refractivity contribution in [1.82, 2.24) is 24.2 Å². The molecule has 1 unspecified atom stereocenters. The first-order valence-corrected chi connectivity index (χ1v) is 10.5. The summed E-state index contributed by atoms with van der Waals surface area (Å²) in [6.45, 7) is 3.31. The van der Waals surface area contributed by atoms with Crippen LogP contribution in [0, 0.1) is 5.92 Å². The molecule has 1 amide bonds. The van der Waals surface area contributed by atoms with E-state index < -0.39 is 0 Å². The molecule has 0 bridgehead atoms. The van der Waals surface area contributed by atoms with Crippen LogP contribution in [0.2, 0.25) is 0 Å². The minimum Gasteiger partial charge on any atom is -0.466 e. The highest BCUT2D eigenvalue weighted by molar-refractivity contribution is 5.79. The molecule has 4 rings (SSSR count). The number of para-hydroxylation sites is 1. The molecule has 9 heteroatoms. The SMILES string of the molecule is CCOC(=O)C1CCCN(C(=O)CCn2cnc3c(cnn3-c3ccccc3)c2=O)C1. The summed E-state index contributed by atoms with van der Waals surface area (Å²) < 4.78 is 8.15. The average Bonchev–Trinajstić information content (AvgIpc) is 3.24. The Morgan fingerprint density at radius 2 is 2.03 bits per heavy atom. The standard InChI is InChI=1S/C22H25N5O4/c1-2-31-22(30)16-7-6-11-25(14-16)19(28)10-12-26-15-23-20-18(21(26)29)13-24-27(20)17-8-4-3-5-9-17/h3-5,8-9,13,15-16H,2,6-7,10-12,14H2,1H3. The lowest BCUT2D eigenvalue weighted by molar-refractivity contribution is -0.151. The quantitative estimate of drug-likeness (QED) is 0.561. The highest BCUT2D eigenvalue weighted by Crippen LogP contribution is 2.19. The first-order valence-electron chi connectivity index (χ1n) is 10.5. The van der Waals surface area contributed by atoms with Gasteiger partial charge in [0.2, 0.25) is 5.91 Å². The van der Waals surface area contributed by atoms with Gasteiger partial charge in [-0.25, -0.2) is 9.67 Å². The number of aryl methyl sites for hydroxylation is 1. The fourth-order valence-corrected chi connectivity index (χ4v) is 3.90. The summed E-state index contributed by atoms with van der Waals surface area (Å²) in [5.74, 6) is -0.607. The van der Waals surface area contributed by atoms with Crippen LogP contribution in [0.1, 0.15) is 26.2 Å². The second kappa shape index (κ2) is 9.11. The number of hydrogen-bond acceptors (Lipinski definition) is 6. The first-order chi connectivity index (χ1) is 15.1. The molecule has 0 N–H and O–H groups in total. The van der Waals surface area contributed by atoms with Crippen LogP contribution in [0.15, 0.2) is 47.7 Å². The van der Waals surface area contributed by atoms with Crippen molar-refractivity contribution in [3.63, 3.8) is 0 Å². The molecular weight excluding hydrogens is 398 g/mol. The molecule has 162 valence electrons. The van der Waals surface area contributed by atoms with Gasteiger partial charge in [0.05, 0.1) is 30.7 Å². The number of carbonyl (C=O) groups excluding carboxylic acids is 2. The number of fused-ring (bicyclic) bond motifs is 1. The first kappa shape index (κ1) is 20.8. The largest absolute Gasteiger partial charge is 0.466 e. The molecule has 31 heavy (non-hydrogen) atoms. The van der Waals surface area contributed by atoms with Crippen molar-refractivity contribution >= 4 is 22.9 Å². The van der Waals surface area contributed by atoms with Gasteiger partial charge in [-0.3, -0.25) is 19.0 Å². The fourth-order valence-electron chi connectivity index (χ4n) is 3.90. The number of nitrogens with zero attached hydrogens (tertiary/aromatic N) is 5. The molecule has 0 radical (unpaired) electrons. The van der Waals surface area contributed by atoms with E-state index in [0.29, 0.717) is 30.7 Å². The van der Waals surface area contributed by atoms with Gasteiger partial charge in [0.1, 0.15) is 5.39 Å². The van der Waals surface area contributed by atoms with Crippen LogP contribution in [-0.4, -0.2) is 55.8 Å². The Morgan fingerprint density at radius 3 is 2.81 bits per heavy atom. The molecule has 1 fully saturated rings. The van der Waals surface area contributed by atoms with Gasteiger partial charge in [0.25, 0.3) is 5.56 Å². The van der Waals surface area contributed by atoms with Gasteiger partial charge in [-0.05, 0) is 31.9 Å². The van der Waals surface area contributed by atoms with Crippen LogP contribution in [0.5, 0.6) is 0 Å². The maximum absolute atomic E-state index is 12.9. The van der Waals surface area contributed by atoms with Crippen LogP contribution in [-0.2, 0) is 20.9 Å². The van der Waals surface area contributed by atoms with Crippen molar-refractivity contribution in [2.45, 2.75) is 32.7 Å². The molecule has 3 aromatic rings. The smallest absolute Gasteiger partial charge is 0.310 e. The number of hydrogen-bond donors (Lipinski definition) is 0. The van der Waals surface area contributed by atoms with E-state index in [1.54, 1.807) is 16.5 Å². The number of carbonyl (C=O) groups is 2. The molecule has 0 saturated carbocycles. The summed E-state index contributed by atoms with van der Waals surface area (Å²) in [6.07, 6.45) is 4.62. The predicted octanol–water partition coefficient (Wildman–Crippen LogP) is 1.77. The van der Waals surface area contributed by atoms with Crippen LogP contribution in [0.4, 0.5) is 0 Å². The molecule has 2 aromatic heterocycles. The third kappa shape index (κ3) is 4.35. The third-order valence-corrected chi connectivity index (χ3v) is 5.52. The van der Waals surface area contributed by atoms with Gasteiger partial charge >= 0.3 is 5.97 Å². The number of benzene rings is 1. The molecule has 9 nitrogen and oxygen atoms in total. The van der Waals surface area contributed by atoms with E-state index >= 15 is 0 Å². The summed E-state index contributed by atoms with van der Waals surface area (Å²) in [5.41, 5.74) is 1.06. The number of likely N-dealkylation sites (tertiary alicyclic amines) is 1. The summed E-state index contributed by atoms with van der Waals surface area (Å²) in [7, 11) is 0. The molecule has 1 saturated heterocycles. The number of rotatable bonds is 6. The lowest BCUT2D eigenvalue weighted by Crippen LogP contribution is -2.43. The second-order valence-corrected chi connectivity index (χ2v) is 7.55. The Hall–Kier alpha value is -3.49. The van der Waals surface area contributed by atoms with Crippen LogP contribution < -0.4 is 5.56 Å². The molecule has 0 aliphatic carbocycles. The van der Waals surface area contributed by atoms with Gasteiger partial charge in [0.15, 0.2) is 5.65 Å². The number of ether oxygens (including phenoxy) is 1. The molecule has 1 aliphatic rings. The molecule has 0 spiro atoms. The Kier molecular flexibility index (Phi) is 6.11. The number of piperidine rings is 1. The second-order valence-electron chi connectivity index (χ2n) is 7.55. The lowest BCUT2D eigenvalue weighted by Gasteiger charge is -2.31. The fraction of sp³-hybridized carbons (Fsp3) is 0.409. The van der Waals surface area contributed by atoms with Crippen LogP contribution in [0.3, 0.4) is 0 Å². The molecule has 3 heterocycles. The summed E-state index contributed by atoms with van der Waals surface area (Å²) >= 11 is 0. The number of amides is 1. The van der Waals surface area contributed by atoms with E-state index in [1.165, 1.54) is 17.1 Å². The normalized spacial score (nSPS) is 16.4. The van der Waals surface area contributed by atoms with Gasteiger partial charge in [-0.1, -0.05) is 18.2 Å². The van der Waals surface area contributed by atoms with Crippen LogP contribution >= 0.6 is 0 Å². The molecule has 1 atom stereocenters. The Labute approximate surface area is 179 Å². The van der Waals surface area contributed by atoms with Crippen molar-refractivity contribution in [3.05, 3.63) is 53.2 Å². The predicted molar refractivity (Wildman–Crippen MR) is 114 cm³/mol. The summed E-state index contributed by atoms with van der Waals surface area (Å²) in [6, 6.07) is 9.47. The molecule has 1 aromatic carbocycles. The monoisotopic (exact) mass is 423 g/mol. The minimum atomic E-state index is -0.276. The maximum Gasteiger partial charge on any atom is 0.310 e. The highest BCUT2D eigenvalue weighted by atomic mass is 16.5. The lowest BCUT2D eigenvalue weighted by atomic mass is 9.98. The number of esters is 1. The van der Waals surface area contributed by atoms with E-state index in [9.17, 15) is 14.4 Å². The van der Waals surface area contributed by atoms with Gasteiger partial charge in [0, 0.05) is 26.1 Å². The topological polar surface area (TPSA) is 99.3 Å². The number of aromatic nitrogens is 4. The average molecular weight is 423 g/mol. The van der Waals surface area contributed by atoms with Crippen molar-refractivity contribution in [3.8, 4) is 5.69 Å². The Bertz CT molecular complexity index is 1140. The molecular formula is C22H25N5O4. The van der Waals surface area contributed by atoms with Crippen molar-refractivity contribution in [1.29, 1.82) is 0 Å². The van der Waals surface area contributed by atoms with Gasteiger partial charge < -0.3 is 9.64 Å². The van der Waals surface area contributed by atoms with E-state index in [0.717, 1.165) is 18.5 Å². The third-order valence-electron chi connectivity index (χ3n) is 5.52. The van der Waals surface area contributed by atoms with Crippen LogP contribution in [0.25, 0.3) is 16.7 Å². The summed E-state index contributed by atoms with van der Waals surface area (Å²) in [5, 5.41) is 4.70. The Morgan fingerprint density at radius 1 is 1.23 bits per heavy atom. The molecule has 1 aliphatic heterocycles.